The van der Waals surface area contributed by atoms with Crippen molar-refractivity contribution in [2.24, 2.45) is 4.99 Å². The van der Waals surface area contributed by atoms with E-state index in [9.17, 15) is 4.39 Å². The van der Waals surface area contributed by atoms with Crippen molar-refractivity contribution in [3.8, 4) is 17.1 Å². The van der Waals surface area contributed by atoms with Crippen LogP contribution in [0.1, 0.15) is 44.9 Å². The second-order valence-corrected chi connectivity index (χ2v) is 9.33. The van der Waals surface area contributed by atoms with E-state index in [1.54, 1.807) is 6.20 Å². The van der Waals surface area contributed by atoms with Crippen LogP contribution in [0.25, 0.3) is 29.2 Å². The molecule has 4 aliphatic rings. The standard InChI is InChI=1S/C29H28FN5/c30-20-12-14-23(15-13-20)35-28-11-5-4-10-24(28)34-27-17-25(33-22-9-6-16-31-19-22)26(18-29(27)35)32-21-7-2-1-3-8-21/h6,9-19,21,33H,1-5,7-8H2. The first-order chi connectivity index (χ1) is 17.2. The SMILES string of the molecule is Fc1ccc(-n2c3cc(=NC4CCCCC4)c(Nc4cccnc4)cc-3nc3c2=CCCC=3)cc1. The molecule has 0 atom stereocenters. The average molecular weight is 466 g/mol. The smallest absolute Gasteiger partial charge is 0.123 e. The summed E-state index contributed by atoms with van der Waals surface area (Å²) < 4.78 is 16.0. The zero-order valence-electron chi connectivity index (χ0n) is 19.6. The number of fused-ring (bicyclic) bond motifs is 2. The molecule has 35 heavy (non-hydrogen) atoms. The molecule has 1 aromatic heterocycles. The molecule has 0 radical (unpaired) electrons. The maximum absolute atomic E-state index is 13.8. The Morgan fingerprint density at radius 3 is 2.60 bits per heavy atom. The molecule has 1 fully saturated rings. The number of hydrogen-bond acceptors (Lipinski definition) is 4. The van der Waals surface area contributed by atoms with Gasteiger partial charge in [-0.1, -0.05) is 31.4 Å². The maximum Gasteiger partial charge on any atom is 0.123 e. The molecule has 0 saturated heterocycles. The van der Waals surface area contributed by atoms with Gasteiger partial charge in [0, 0.05) is 11.9 Å². The van der Waals surface area contributed by atoms with E-state index in [2.05, 4.69) is 39.2 Å². The third-order valence-electron chi connectivity index (χ3n) is 6.84. The first kappa shape index (κ1) is 21.7. The van der Waals surface area contributed by atoms with Crippen LogP contribution in [0.15, 0.2) is 65.9 Å². The molecule has 1 saturated carbocycles. The summed E-state index contributed by atoms with van der Waals surface area (Å²) in [6.07, 6.45) is 15.9. The van der Waals surface area contributed by atoms with Crippen molar-refractivity contribution in [2.45, 2.75) is 51.0 Å². The van der Waals surface area contributed by atoms with E-state index in [0.29, 0.717) is 6.04 Å². The van der Waals surface area contributed by atoms with Crippen molar-refractivity contribution in [1.82, 2.24) is 14.5 Å². The molecule has 2 aromatic rings. The minimum Gasteiger partial charge on any atom is -0.352 e. The molecule has 0 unspecified atom stereocenters. The number of nitrogens with one attached hydrogen (secondary N) is 1. The van der Waals surface area contributed by atoms with Gasteiger partial charge in [0.1, 0.15) is 5.82 Å². The molecule has 6 heteroatoms. The van der Waals surface area contributed by atoms with Crippen LogP contribution in [0, 0.1) is 5.82 Å². The quantitative estimate of drug-likeness (QED) is 0.469. The molecule has 0 bridgehead atoms. The van der Waals surface area contributed by atoms with Crippen molar-refractivity contribution >= 4 is 23.5 Å². The van der Waals surface area contributed by atoms with Crippen LogP contribution in [0.5, 0.6) is 0 Å². The monoisotopic (exact) mass is 465 g/mol. The second-order valence-electron chi connectivity index (χ2n) is 9.33. The predicted molar refractivity (Wildman–Crippen MR) is 138 cm³/mol. The minimum absolute atomic E-state index is 0.243. The zero-order valence-corrected chi connectivity index (χ0v) is 19.6. The first-order valence-electron chi connectivity index (χ1n) is 12.5. The van der Waals surface area contributed by atoms with Crippen LogP contribution < -0.4 is 21.4 Å². The van der Waals surface area contributed by atoms with E-state index in [1.165, 1.54) is 31.4 Å². The van der Waals surface area contributed by atoms with E-state index in [4.69, 9.17) is 9.98 Å². The van der Waals surface area contributed by atoms with Crippen LogP contribution in [-0.4, -0.2) is 20.6 Å². The highest BCUT2D eigenvalue weighted by Crippen LogP contribution is 2.25. The van der Waals surface area contributed by atoms with Crippen molar-refractivity contribution in [3.63, 3.8) is 0 Å². The van der Waals surface area contributed by atoms with Crippen molar-refractivity contribution < 1.29 is 4.39 Å². The van der Waals surface area contributed by atoms with Crippen LogP contribution in [0.3, 0.4) is 0 Å². The average Bonchev–Trinajstić information content (AvgIpc) is 2.90. The van der Waals surface area contributed by atoms with Crippen molar-refractivity contribution in [1.29, 1.82) is 0 Å². The molecule has 1 N–H and O–H groups in total. The van der Waals surface area contributed by atoms with Gasteiger partial charge in [-0.2, -0.15) is 0 Å². The van der Waals surface area contributed by atoms with E-state index in [-0.39, 0.29) is 5.82 Å². The summed E-state index contributed by atoms with van der Waals surface area (Å²) in [7, 11) is 0. The normalized spacial score (nSPS) is 16.4. The fourth-order valence-corrected chi connectivity index (χ4v) is 5.13. The number of hydrogen-bond donors (Lipinski definition) is 1. The van der Waals surface area contributed by atoms with Crippen molar-refractivity contribution in [3.05, 3.63) is 82.8 Å². The number of nitrogens with zero attached hydrogens (tertiary/aromatic N) is 4. The van der Waals surface area contributed by atoms with Crippen molar-refractivity contribution in [2.75, 3.05) is 5.32 Å². The van der Waals surface area contributed by atoms with Gasteiger partial charge in [-0.15, -0.1) is 0 Å². The topological polar surface area (TPSA) is 55.1 Å². The molecule has 176 valence electrons. The van der Waals surface area contributed by atoms with E-state index >= 15 is 0 Å². The summed E-state index contributed by atoms with van der Waals surface area (Å²) in [6, 6.07) is 15.2. The fraction of sp³-hybridized carbons (Fsp3) is 0.276. The molecule has 0 spiro atoms. The zero-order chi connectivity index (χ0) is 23.6. The summed E-state index contributed by atoms with van der Waals surface area (Å²) in [5.41, 5.74) is 4.59. The maximum atomic E-state index is 13.8. The summed E-state index contributed by atoms with van der Waals surface area (Å²) in [6.45, 7) is 0. The highest BCUT2D eigenvalue weighted by molar-refractivity contribution is 5.70. The molecule has 1 aromatic carbocycles. The van der Waals surface area contributed by atoms with E-state index in [0.717, 1.165) is 70.2 Å². The highest BCUT2D eigenvalue weighted by Gasteiger charge is 2.18. The van der Waals surface area contributed by atoms with Gasteiger partial charge >= 0.3 is 0 Å². The molecule has 3 aliphatic carbocycles. The number of anilines is 2. The lowest BCUT2D eigenvalue weighted by atomic mass is 9.96. The lowest BCUT2D eigenvalue weighted by Gasteiger charge is -2.21. The van der Waals surface area contributed by atoms with Crippen LogP contribution >= 0.6 is 0 Å². The molecular formula is C29H28FN5. The number of rotatable bonds is 4. The van der Waals surface area contributed by atoms with E-state index in [1.807, 2.05) is 30.5 Å². The Labute approximate surface area is 203 Å². The van der Waals surface area contributed by atoms with Gasteiger partial charge in [-0.3, -0.25) is 9.98 Å². The third-order valence-corrected chi connectivity index (χ3v) is 6.84. The Morgan fingerprint density at radius 2 is 1.80 bits per heavy atom. The molecule has 2 heterocycles. The largest absolute Gasteiger partial charge is 0.352 e. The number of benzene rings is 2. The molecule has 0 amide bonds. The Kier molecular flexibility index (Phi) is 5.86. The van der Waals surface area contributed by atoms with Gasteiger partial charge in [0.2, 0.25) is 0 Å². The summed E-state index contributed by atoms with van der Waals surface area (Å²) in [5, 5.41) is 6.45. The second kappa shape index (κ2) is 9.45. The molecular weight excluding hydrogens is 437 g/mol. The Balaban J connectivity index is 1.62. The lowest BCUT2D eigenvalue weighted by molar-refractivity contribution is 0.437. The predicted octanol–water partition coefficient (Wildman–Crippen LogP) is 4.84. The van der Waals surface area contributed by atoms with Gasteiger partial charge in [0.05, 0.1) is 51.1 Å². The van der Waals surface area contributed by atoms with Gasteiger partial charge in [-0.25, -0.2) is 9.37 Å². The lowest BCUT2D eigenvalue weighted by Crippen LogP contribution is -2.40. The number of aromatic nitrogens is 3. The molecule has 5 nitrogen and oxygen atoms in total. The van der Waals surface area contributed by atoms with Crippen LogP contribution in [-0.2, 0) is 0 Å². The minimum atomic E-state index is -0.243. The molecule has 1 aliphatic heterocycles. The van der Waals surface area contributed by atoms with Crippen LogP contribution in [0.4, 0.5) is 15.8 Å². The summed E-state index contributed by atoms with van der Waals surface area (Å²) >= 11 is 0. The Bertz CT molecular complexity index is 1500. The highest BCUT2D eigenvalue weighted by atomic mass is 19.1. The Morgan fingerprint density at radius 1 is 0.971 bits per heavy atom. The van der Waals surface area contributed by atoms with Gasteiger partial charge in [0.25, 0.3) is 0 Å². The fourth-order valence-electron chi connectivity index (χ4n) is 5.13. The third kappa shape index (κ3) is 4.48. The number of pyridine rings is 1. The van der Waals surface area contributed by atoms with E-state index < -0.39 is 0 Å². The van der Waals surface area contributed by atoms with Gasteiger partial charge < -0.3 is 9.88 Å². The number of halogens is 1. The first-order valence-corrected chi connectivity index (χ1v) is 12.5. The Hall–Kier alpha value is -3.80. The summed E-state index contributed by atoms with van der Waals surface area (Å²) in [4.78, 5) is 14.5. The molecule has 6 rings (SSSR count). The van der Waals surface area contributed by atoms with Gasteiger partial charge in [0.15, 0.2) is 0 Å². The van der Waals surface area contributed by atoms with Crippen LogP contribution in [0.2, 0.25) is 0 Å². The van der Waals surface area contributed by atoms with Gasteiger partial charge in [-0.05, 0) is 74.2 Å². The summed E-state index contributed by atoms with van der Waals surface area (Å²) in [5.74, 6) is -0.243.